The molecule has 0 aromatic carbocycles. The van der Waals surface area contributed by atoms with Gasteiger partial charge in [0.1, 0.15) is 11.6 Å². The highest BCUT2D eigenvalue weighted by atomic mass is 35.5. The fourth-order valence-corrected chi connectivity index (χ4v) is 4.15. The molecule has 0 spiro atoms. The Bertz CT molecular complexity index is 736. The van der Waals surface area contributed by atoms with Gasteiger partial charge in [-0.3, -0.25) is 19.4 Å². The van der Waals surface area contributed by atoms with E-state index in [-0.39, 0.29) is 11.7 Å². The van der Waals surface area contributed by atoms with Gasteiger partial charge in [0, 0.05) is 18.5 Å². The molecular formula is C23H35ClN2O5. The first kappa shape index (κ1) is 26.9. The topological polar surface area (TPSA) is 76.2 Å². The highest BCUT2D eigenvalue weighted by Crippen LogP contribution is 2.40. The molecular weight excluding hydrogens is 420 g/mol. The molecule has 0 unspecified atom stereocenters. The lowest BCUT2D eigenvalue weighted by molar-refractivity contribution is -0.160. The second-order valence-corrected chi connectivity index (χ2v) is 8.62. The Kier molecular flexibility index (Phi) is 10.5. The van der Waals surface area contributed by atoms with Crippen molar-refractivity contribution in [2.75, 3.05) is 27.9 Å². The predicted octanol–water partition coefficient (Wildman–Crippen LogP) is 4.28. The summed E-state index contributed by atoms with van der Waals surface area (Å²) in [6.45, 7) is 9.14. The largest absolute Gasteiger partial charge is 0.427 e. The number of rotatable bonds is 9. The molecule has 8 heteroatoms. The number of esters is 1. The molecule has 0 heterocycles. The lowest BCUT2D eigenvalue weighted by Gasteiger charge is -2.43. The fraction of sp³-hybridized carbons (Fsp3) is 0.609. The Hall–Kier alpha value is -2.12. The van der Waals surface area contributed by atoms with Gasteiger partial charge in [-0.1, -0.05) is 44.2 Å². The van der Waals surface area contributed by atoms with E-state index in [1.807, 2.05) is 20.8 Å². The van der Waals surface area contributed by atoms with Crippen LogP contribution in [0.15, 0.2) is 35.4 Å². The van der Waals surface area contributed by atoms with E-state index in [1.165, 1.54) is 11.9 Å². The minimum Gasteiger partial charge on any atom is -0.427 e. The first-order valence-electron chi connectivity index (χ1n) is 10.5. The van der Waals surface area contributed by atoms with Crippen molar-refractivity contribution >= 4 is 29.4 Å². The first-order chi connectivity index (χ1) is 14.5. The van der Waals surface area contributed by atoms with E-state index in [1.54, 1.807) is 37.2 Å². The number of hydrogen-bond donors (Lipinski definition) is 0. The summed E-state index contributed by atoms with van der Waals surface area (Å²) < 4.78 is 10.3. The van der Waals surface area contributed by atoms with Crippen molar-refractivity contribution < 1.29 is 23.9 Å². The lowest BCUT2D eigenvalue weighted by atomic mass is 9.74. The molecule has 1 aliphatic carbocycles. The maximum Gasteiger partial charge on any atom is 0.413 e. The lowest BCUT2D eigenvalue weighted by Crippen LogP contribution is -2.58. The van der Waals surface area contributed by atoms with E-state index in [0.717, 1.165) is 12.8 Å². The summed E-state index contributed by atoms with van der Waals surface area (Å²) in [5.41, 5.74) is -0.945. The number of amides is 1. The van der Waals surface area contributed by atoms with Crippen LogP contribution in [0.25, 0.3) is 0 Å². The molecule has 7 nitrogen and oxygen atoms in total. The standard InChI is InChI=1S/C23H35ClN2O5/c1-8-9-12-18(24)17(4)23(14-11-10-13-19(23)27)26(7)22(29)31-15-30-21(28)20(16(2)3)25(5)6/h8-9,12,16,20H,4,10-11,13-15H2,1-3,5-7H3/b9-8-,18-12+/t20-,23+/m0/s1. The Morgan fingerprint density at radius 1 is 1.23 bits per heavy atom. The molecule has 2 atom stereocenters. The average Bonchev–Trinajstić information content (AvgIpc) is 2.70. The number of likely N-dealkylation sites (N-methyl/N-ethyl adjacent to an activating group) is 2. The minimum absolute atomic E-state index is 0.0263. The van der Waals surface area contributed by atoms with Gasteiger partial charge in [-0.25, -0.2) is 4.79 Å². The van der Waals surface area contributed by atoms with E-state index >= 15 is 0 Å². The summed E-state index contributed by atoms with van der Waals surface area (Å²) in [5.74, 6) is -0.598. The molecule has 0 aromatic heterocycles. The van der Waals surface area contributed by atoms with Crippen molar-refractivity contribution in [1.82, 2.24) is 9.80 Å². The van der Waals surface area contributed by atoms with Gasteiger partial charge in [0.25, 0.3) is 0 Å². The molecule has 0 radical (unpaired) electrons. The van der Waals surface area contributed by atoms with Gasteiger partial charge in [-0.05, 0) is 57.8 Å². The summed E-state index contributed by atoms with van der Waals surface area (Å²) in [6, 6.07) is -0.460. The third-order valence-corrected chi connectivity index (χ3v) is 5.89. The number of carbonyl (C=O) groups is 3. The second-order valence-electron chi connectivity index (χ2n) is 8.21. The molecule has 0 N–H and O–H groups in total. The van der Waals surface area contributed by atoms with Crippen molar-refractivity contribution in [3.8, 4) is 0 Å². The minimum atomic E-state index is -1.29. The Morgan fingerprint density at radius 2 is 1.87 bits per heavy atom. The number of Topliss-reactive ketones (excluding diaryl/α,β-unsaturated/α-hetero) is 1. The van der Waals surface area contributed by atoms with Crippen LogP contribution in [-0.4, -0.2) is 67.2 Å². The van der Waals surface area contributed by atoms with Gasteiger partial charge in [-0.15, -0.1) is 0 Å². The molecule has 31 heavy (non-hydrogen) atoms. The molecule has 1 fully saturated rings. The summed E-state index contributed by atoms with van der Waals surface area (Å²) in [4.78, 5) is 41.1. The van der Waals surface area contributed by atoms with Crippen LogP contribution in [0.4, 0.5) is 4.79 Å². The van der Waals surface area contributed by atoms with Gasteiger partial charge in [0.05, 0.1) is 0 Å². The van der Waals surface area contributed by atoms with E-state index in [0.29, 0.717) is 23.4 Å². The van der Waals surface area contributed by atoms with E-state index in [4.69, 9.17) is 21.1 Å². The Balaban J connectivity index is 2.97. The molecule has 1 saturated carbocycles. The van der Waals surface area contributed by atoms with Crippen LogP contribution < -0.4 is 0 Å². The predicted molar refractivity (Wildman–Crippen MR) is 122 cm³/mol. The second kappa shape index (κ2) is 12.1. The van der Waals surface area contributed by atoms with Crippen LogP contribution in [-0.2, 0) is 19.1 Å². The van der Waals surface area contributed by atoms with Crippen LogP contribution in [0.5, 0.6) is 0 Å². The Labute approximate surface area is 190 Å². The maximum atomic E-state index is 13.0. The van der Waals surface area contributed by atoms with Gasteiger partial charge in [0.2, 0.25) is 6.79 Å². The molecule has 1 aliphatic rings. The Morgan fingerprint density at radius 3 is 2.39 bits per heavy atom. The van der Waals surface area contributed by atoms with Crippen molar-refractivity contribution in [2.24, 2.45) is 5.92 Å². The van der Waals surface area contributed by atoms with Gasteiger partial charge < -0.3 is 9.47 Å². The average molecular weight is 455 g/mol. The highest BCUT2D eigenvalue weighted by Gasteiger charge is 2.49. The zero-order valence-electron chi connectivity index (χ0n) is 19.4. The quantitative estimate of drug-likeness (QED) is 0.294. The third kappa shape index (κ3) is 6.43. The molecule has 0 bridgehead atoms. The number of nitrogens with zero attached hydrogens (tertiary/aromatic N) is 2. The van der Waals surface area contributed by atoms with E-state index < -0.39 is 30.4 Å². The molecule has 174 valence electrons. The molecule has 0 aromatic rings. The molecule has 1 rings (SSSR count). The summed E-state index contributed by atoms with van der Waals surface area (Å²) in [6.07, 6.45) is 6.59. The number of carbonyl (C=O) groups excluding carboxylic acids is 3. The highest BCUT2D eigenvalue weighted by molar-refractivity contribution is 6.32. The smallest absolute Gasteiger partial charge is 0.413 e. The van der Waals surface area contributed by atoms with Gasteiger partial charge in [0.15, 0.2) is 5.78 Å². The number of ether oxygens (including phenoxy) is 2. The van der Waals surface area contributed by atoms with Gasteiger partial charge in [-0.2, -0.15) is 0 Å². The van der Waals surface area contributed by atoms with Gasteiger partial charge >= 0.3 is 12.1 Å². The van der Waals surface area contributed by atoms with Crippen LogP contribution in [0, 0.1) is 5.92 Å². The molecule has 1 amide bonds. The van der Waals surface area contributed by atoms with Crippen LogP contribution in [0.1, 0.15) is 46.5 Å². The zero-order chi connectivity index (χ0) is 23.8. The summed E-state index contributed by atoms with van der Waals surface area (Å²) in [5, 5.41) is 0.296. The first-order valence-corrected chi connectivity index (χ1v) is 10.8. The monoisotopic (exact) mass is 454 g/mol. The fourth-order valence-electron chi connectivity index (χ4n) is 3.92. The van der Waals surface area contributed by atoms with E-state index in [2.05, 4.69) is 6.58 Å². The van der Waals surface area contributed by atoms with Crippen molar-refractivity contribution in [3.05, 3.63) is 35.4 Å². The molecule has 0 aliphatic heterocycles. The number of hydrogen-bond acceptors (Lipinski definition) is 6. The van der Waals surface area contributed by atoms with Crippen molar-refractivity contribution in [3.63, 3.8) is 0 Å². The van der Waals surface area contributed by atoms with E-state index in [9.17, 15) is 14.4 Å². The number of ketones is 1. The normalized spacial score (nSPS) is 20.8. The number of halogens is 1. The van der Waals surface area contributed by atoms with Crippen molar-refractivity contribution in [1.29, 1.82) is 0 Å². The maximum absolute atomic E-state index is 13.0. The van der Waals surface area contributed by atoms with Crippen molar-refractivity contribution in [2.45, 2.75) is 58.0 Å². The van der Waals surface area contributed by atoms with Crippen LogP contribution in [0.2, 0.25) is 0 Å². The number of allylic oxidation sites excluding steroid dienone is 3. The summed E-state index contributed by atoms with van der Waals surface area (Å²) >= 11 is 6.39. The zero-order valence-corrected chi connectivity index (χ0v) is 20.2. The SMILES string of the molecule is C=C(/C(Cl)=C\C=C/C)[C@]1(N(C)C(=O)OCOC(=O)[C@H](C(C)C)N(C)C)CCCCC1=O. The molecule has 0 saturated heterocycles. The van der Waals surface area contributed by atoms with Crippen LogP contribution >= 0.6 is 11.6 Å². The van der Waals surface area contributed by atoms with Crippen LogP contribution in [0.3, 0.4) is 0 Å². The summed E-state index contributed by atoms with van der Waals surface area (Å²) in [7, 11) is 5.04. The third-order valence-electron chi connectivity index (χ3n) is 5.54.